The number of piperazine rings is 1. The minimum absolute atomic E-state index is 0.00305. The summed E-state index contributed by atoms with van der Waals surface area (Å²) in [6.07, 6.45) is 7.14. The Morgan fingerprint density at radius 2 is 1.69 bits per heavy atom. The first kappa shape index (κ1) is 40.4. The number of hydrogen-bond acceptors (Lipinski definition) is 13. The van der Waals surface area contributed by atoms with Gasteiger partial charge in [-0.25, -0.2) is 23.1 Å². The Morgan fingerprint density at radius 3 is 2.44 bits per heavy atom. The second-order valence-corrected chi connectivity index (χ2v) is 17.6. The SMILES string of the molecule is Cn1nc(C2CCC(=O)NC2=O)c2cnc(N3CCN(CC4CCN(c5ncc(Cl)c(Nc6cc7c8c(c(=O)n(C)c7cc6F)OCC(F)(F)C(C6CC6)N8)n5)CC4)CC3)cc21. The number of rotatable bonds is 8. The van der Waals surface area contributed by atoms with Crippen molar-refractivity contribution in [2.45, 2.75) is 56.4 Å². The molecule has 3 saturated heterocycles. The van der Waals surface area contributed by atoms with E-state index in [0.29, 0.717) is 42.2 Å². The molecule has 16 nitrogen and oxygen atoms in total. The number of piperidine rings is 2. The summed E-state index contributed by atoms with van der Waals surface area (Å²) in [5.41, 5.74) is 1.24. The first-order chi connectivity index (χ1) is 29.8. The van der Waals surface area contributed by atoms with Gasteiger partial charge in [-0.3, -0.25) is 29.3 Å². The van der Waals surface area contributed by atoms with Crippen LogP contribution in [-0.4, -0.2) is 110 Å². The van der Waals surface area contributed by atoms with Gasteiger partial charge in [-0.2, -0.15) is 10.1 Å². The van der Waals surface area contributed by atoms with E-state index in [-0.39, 0.29) is 57.6 Å². The van der Waals surface area contributed by atoms with Crippen LogP contribution in [0.15, 0.2) is 35.4 Å². The molecule has 5 aromatic rings. The Morgan fingerprint density at radius 1 is 0.919 bits per heavy atom. The predicted molar refractivity (Wildman–Crippen MR) is 227 cm³/mol. The quantitative estimate of drug-likeness (QED) is 0.180. The Hall–Kier alpha value is -5.69. The van der Waals surface area contributed by atoms with Crippen LogP contribution in [-0.2, 0) is 23.7 Å². The van der Waals surface area contributed by atoms with Crippen LogP contribution in [0.4, 0.5) is 42.1 Å². The molecule has 2 amide bonds. The summed E-state index contributed by atoms with van der Waals surface area (Å²) >= 11 is 6.55. The summed E-state index contributed by atoms with van der Waals surface area (Å²) in [7, 11) is 3.31. The van der Waals surface area contributed by atoms with Gasteiger partial charge in [-0.15, -0.1) is 0 Å². The van der Waals surface area contributed by atoms with Crippen molar-refractivity contribution in [2.75, 3.05) is 72.9 Å². The third-order valence-corrected chi connectivity index (χ3v) is 13.4. The van der Waals surface area contributed by atoms with Gasteiger partial charge in [0, 0.05) is 95.4 Å². The third kappa shape index (κ3) is 7.41. The standard InChI is InChI=1S/C42H46ClF3N12O4/c1-54-30-16-28(44)29(15-25(30)35-36(40(54)61)62-21-42(45,46)37(51-35)23-3-4-23)49-38-27(43)19-48-41(52-38)58-9-7-22(8-10-58)20-56-11-13-57(14-12-56)32-17-31-26(18-47-32)34(53-55(31)2)24-5-6-33(59)50-39(24)60/h15-19,22-24,37,51H,3-14,20-21H2,1-2H3,(H,48,49,52)(H,50,59,60). The highest BCUT2D eigenvalue weighted by Crippen LogP contribution is 2.46. The summed E-state index contributed by atoms with van der Waals surface area (Å²) in [6, 6.07) is 3.46. The van der Waals surface area contributed by atoms with Crippen molar-refractivity contribution >= 4 is 74.2 Å². The van der Waals surface area contributed by atoms with Crippen LogP contribution >= 0.6 is 11.6 Å². The summed E-state index contributed by atoms with van der Waals surface area (Å²) in [4.78, 5) is 58.3. The molecule has 326 valence electrons. The molecule has 4 fully saturated rings. The predicted octanol–water partition coefficient (Wildman–Crippen LogP) is 4.92. The van der Waals surface area contributed by atoms with Crippen LogP contribution in [0.1, 0.15) is 50.1 Å². The lowest BCUT2D eigenvalue weighted by Gasteiger charge is -2.39. The van der Waals surface area contributed by atoms with Crippen molar-refractivity contribution in [3.63, 3.8) is 0 Å². The van der Waals surface area contributed by atoms with Crippen LogP contribution in [0.3, 0.4) is 0 Å². The number of halogens is 4. The molecule has 2 atom stereocenters. The molecule has 4 aromatic heterocycles. The number of carbonyl (C=O) groups is 2. The zero-order chi connectivity index (χ0) is 43.0. The van der Waals surface area contributed by atoms with E-state index in [1.54, 1.807) is 10.9 Å². The Balaban J connectivity index is 0.774. The Labute approximate surface area is 358 Å². The zero-order valence-electron chi connectivity index (χ0n) is 34.3. The van der Waals surface area contributed by atoms with Gasteiger partial charge in [0.1, 0.15) is 16.7 Å². The van der Waals surface area contributed by atoms with Gasteiger partial charge in [-0.05, 0) is 50.0 Å². The number of carbonyl (C=O) groups excluding carboxylic acids is 2. The average Bonchev–Trinajstić information content (AvgIpc) is 4.06. The number of hydrogen-bond donors (Lipinski definition) is 3. The maximum absolute atomic E-state index is 15.8. The van der Waals surface area contributed by atoms with Crippen LogP contribution < -0.4 is 36.0 Å². The number of aryl methyl sites for hydroxylation is 2. The van der Waals surface area contributed by atoms with Crippen LogP contribution in [0.5, 0.6) is 5.75 Å². The number of nitrogens with zero attached hydrogens (tertiary/aromatic N) is 9. The lowest BCUT2D eigenvalue weighted by atomic mass is 9.93. The first-order valence-electron chi connectivity index (χ1n) is 21.1. The van der Waals surface area contributed by atoms with Crippen molar-refractivity contribution in [2.24, 2.45) is 25.9 Å². The van der Waals surface area contributed by atoms with Crippen LogP contribution in [0.2, 0.25) is 5.02 Å². The summed E-state index contributed by atoms with van der Waals surface area (Å²) < 4.78 is 54.5. The fourth-order valence-electron chi connectivity index (χ4n) is 9.43. The van der Waals surface area contributed by atoms with Gasteiger partial charge in [0.2, 0.25) is 23.5 Å². The molecule has 0 spiro atoms. The number of aromatic nitrogens is 6. The number of ether oxygens (including phenoxy) is 1. The molecule has 1 saturated carbocycles. The normalized spacial score (nSPS) is 22.3. The molecule has 8 heterocycles. The number of alkyl halides is 2. The second kappa shape index (κ2) is 15.6. The van der Waals surface area contributed by atoms with E-state index in [4.69, 9.17) is 26.3 Å². The highest BCUT2D eigenvalue weighted by atomic mass is 35.5. The van der Waals surface area contributed by atoms with E-state index in [9.17, 15) is 14.4 Å². The van der Waals surface area contributed by atoms with E-state index >= 15 is 13.2 Å². The van der Waals surface area contributed by atoms with Gasteiger partial charge in [0.05, 0.1) is 46.3 Å². The Kier molecular flexibility index (Phi) is 10.2. The highest BCUT2D eigenvalue weighted by Gasteiger charge is 2.51. The van der Waals surface area contributed by atoms with Crippen molar-refractivity contribution in [1.29, 1.82) is 0 Å². The summed E-state index contributed by atoms with van der Waals surface area (Å²) in [6.45, 7) is 4.92. The summed E-state index contributed by atoms with van der Waals surface area (Å²) in [5.74, 6) is -3.45. The molecule has 0 radical (unpaired) electrons. The molecular formula is C42H46ClF3N12O4. The smallest absolute Gasteiger partial charge is 0.301 e. The van der Waals surface area contributed by atoms with E-state index in [1.165, 1.54) is 29.9 Å². The van der Waals surface area contributed by atoms with Crippen LogP contribution in [0.25, 0.3) is 21.8 Å². The number of fused-ring (bicyclic) bond motifs is 4. The van der Waals surface area contributed by atoms with Gasteiger partial charge in [0.25, 0.3) is 5.56 Å². The topological polar surface area (TPSA) is 168 Å². The molecule has 4 aliphatic heterocycles. The minimum atomic E-state index is -3.21. The molecule has 2 unspecified atom stereocenters. The lowest BCUT2D eigenvalue weighted by Crippen LogP contribution is -2.49. The monoisotopic (exact) mass is 874 g/mol. The van der Waals surface area contributed by atoms with Gasteiger partial charge in [0.15, 0.2) is 12.4 Å². The maximum atomic E-state index is 15.8. The van der Waals surface area contributed by atoms with Crippen molar-refractivity contribution in [1.82, 2.24) is 39.5 Å². The number of imide groups is 1. The molecule has 5 aliphatic rings. The molecule has 3 N–H and O–H groups in total. The number of amides is 2. The van der Waals surface area contributed by atoms with Crippen molar-refractivity contribution < 1.29 is 27.5 Å². The van der Waals surface area contributed by atoms with E-state index in [1.807, 2.05) is 13.1 Å². The molecule has 10 rings (SSSR count). The van der Waals surface area contributed by atoms with E-state index < -0.39 is 35.9 Å². The maximum Gasteiger partial charge on any atom is 0.301 e. The van der Waals surface area contributed by atoms with Gasteiger partial charge < -0.3 is 29.7 Å². The second-order valence-electron chi connectivity index (χ2n) is 17.2. The first-order valence-corrected chi connectivity index (χ1v) is 21.5. The fraction of sp³-hybridized carbons (Fsp3) is 0.500. The third-order valence-electron chi connectivity index (χ3n) is 13.1. The molecule has 1 aromatic carbocycles. The number of nitrogens with one attached hydrogen (secondary N) is 3. The number of benzene rings is 1. The van der Waals surface area contributed by atoms with E-state index in [2.05, 4.69) is 40.7 Å². The minimum Gasteiger partial charge on any atom is -0.480 e. The largest absolute Gasteiger partial charge is 0.480 e. The molecule has 62 heavy (non-hydrogen) atoms. The highest BCUT2D eigenvalue weighted by molar-refractivity contribution is 6.33. The average molecular weight is 875 g/mol. The molecule has 20 heteroatoms. The van der Waals surface area contributed by atoms with Gasteiger partial charge >= 0.3 is 5.92 Å². The van der Waals surface area contributed by atoms with Crippen LogP contribution in [0, 0.1) is 17.7 Å². The zero-order valence-corrected chi connectivity index (χ0v) is 35.0. The number of pyridine rings is 2. The lowest BCUT2D eigenvalue weighted by molar-refractivity contribution is -0.134. The molecular weight excluding hydrogens is 829 g/mol. The summed E-state index contributed by atoms with van der Waals surface area (Å²) in [5, 5.41) is 14.4. The van der Waals surface area contributed by atoms with Crippen molar-refractivity contribution in [3.8, 4) is 5.75 Å². The number of anilines is 5. The van der Waals surface area contributed by atoms with Gasteiger partial charge in [-0.1, -0.05) is 11.6 Å². The fourth-order valence-corrected chi connectivity index (χ4v) is 9.57. The van der Waals surface area contributed by atoms with E-state index in [0.717, 1.165) is 75.4 Å². The molecule has 0 bridgehead atoms. The molecule has 1 aliphatic carbocycles. The Bertz CT molecular complexity index is 2680. The van der Waals surface area contributed by atoms with Crippen molar-refractivity contribution in [3.05, 3.63) is 57.5 Å².